The highest BCUT2D eigenvalue weighted by Crippen LogP contribution is 2.32. The van der Waals surface area contributed by atoms with Crippen molar-refractivity contribution in [3.63, 3.8) is 0 Å². The van der Waals surface area contributed by atoms with E-state index < -0.39 is 5.54 Å². The van der Waals surface area contributed by atoms with Gasteiger partial charge in [0.15, 0.2) is 0 Å². The van der Waals surface area contributed by atoms with Gasteiger partial charge in [-0.2, -0.15) is 0 Å². The lowest BCUT2D eigenvalue weighted by atomic mass is 9.99. The monoisotopic (exact) mass is 299 g/mol. The summed E-state index contributed by atoms with van der Waals surface area (Å²) in [5, 5.41) is 0. The van der Waals surface area contributed by atoms with E-state index in [0.29, 0.717) is 6.04 Å². The molecule has 1 saturated carbocycles. The molecule has 21 heavy (non-hydrogen) atoms. The number of ether oxygens (including phenoxy) is 1. The van der Waals surface area contributed by atoms with Crippen LogP contribution in [0.15, 0.2) is 0 Å². The van der Waals surface area contributed by atoms with Gasteiger partial charge in [0.1, 0.15) is 5.54 Å². The van der Waals surface area contributed by atoms with E-state index in [1.165, 1.54) is 13.5 Å². The molecule has 0 aromatic heterocycles. The maximum Gasteiger partial charge on any atom is 0.325 e. The van der Waals surface area contributed by atoms with E-state index >= 15 is 0 Å². The van der Waals surface area contributed by atoms with E-state index in [1.54, 1.807) is 0 Å². The van der Waals surface area contributed by atoms with Gasteiger partial charge in [0.2, 0.25) is 0 Å². The van der Waals surface area contributed by atoms with Crippen molar-refractivity contribution in [3.8, 4) is 0 Å². The van der Waals surface area contributed by atoms with E-state index in [-0.39, 0.29) is 5.97 Å². The predicted octanol–water partition coefficient (Wildman–Crippen LogP) is 1.46. The first-order chi connectivity index (χ1) is 10.0. The highest BCUT2D eigenvalue weighted by atomic mass is 16.5. The van der Waals surface area contributed by atoms with Crippen molar-refractivity contribution in [1.82, 2.24) is 9.80 Å². The summed E-state index contributed by atoms with van der Waals surface area (Å²) in [4.78, 5) is 16.7. The number of nitrogens with zero attached hydrogens (tertiary/aromatic N) is 2. The Morgan fingerprint density at radius 2 is 1.90 bits per heavy atom. The Balaban J connectivity index is 2.45. The van der Waals surface area contributed by atoms with Gasteiger partial charge in [-0.1, -0.05) is 20.8 Å². The maximum atomic E-state index is 11.8. The van der Waals surface area contributed by atoms with Gasteiger partial charge < -0.3 is 20.3 Å². The molecule has 0 aromatic rings. The third-order valence-electron chi connectivity index (χ3n) is 4.85. The maximum absolute atomic E-state index is 11.8. The second-order valence-electron chi connectivity index (χ2n) is 6.05. The van der Waals surface area contributed by atoms with Crippen LogP contribution in [-0.2, 0) is 9.53 Å². The molecule has 0 radical (unpaired) electrons. The molecule has 0 amide bonds. The van der Waals surface area contributed by atoms with Gasteiger partial charge in [-0.05, 0) is 58.4 Å². The summed E-state index contributed by atoms with van der Waals surface area (Å²) >= 11 is 0. The van der Waals surface area contributed by atoms with Crippen LogP contribution in [0.3, 0.4) is 0 Å². The molecule has 0 bridgehead atoms. The average Bonchev–Trinajstić information content (AvgIpc) is 2.90. The van der Waals surface area contributed by atoms with Crippen molar-refractivity contribution in [2.24, 2.45) is 5.73 Å². The Labute approximate surface area is 129 Å². The summed E-state index contributed by atoms with van der Waals surface area (Å²) < 4.78 is 4.85. The first kappa shape index (κ1) is 18.4. The van der Waals surface area contributed by atoms with E-state index in [0.717, 1.165) is 52.0 Å². The number of rotatable bonds is 9. The summed E-state index contributed by atoms with van der Waals surface area (Å²) in [5.74, 6) is -0.260. The summed E-state index contributed by atoms with van der Waals surface area (Å²) in [7, 11) is 1.42. The van der Waals surface area contributed by atoms with Crippen molar-refractivity contribution >= 4 is 5.97 Å². The van der Waals surface area contributed by atoms with Crippen molar-refractivity contribution in [1.29, 1.82) is 0 Å². The van der Waals surface area contributed by atoms with E-state index in [9.17, 15) is 4.79 Å². The van der Waals surface area contributed by atoms with E-state index in [1.807, 2.05) is 0 Å². The highest BCUT2D eigenvalue weighted by Gasteiger charge is 2.44. The Hall–Kier alpha value is -0.650. The number of nitrogens with two attached hydrogens (primary N) is 1. The molecule has 124 valence electrons. The molecule has 1 fully saturated rings. The zero-order chi connectivity index (χ0) is 15.9. The van der Waals surface area contributed by atoms with Crippen molar-refractivity contribution in [2.75, 3.05) is 39.8 Å². The third kappa shape index (κ3) is 4.94. The van der Waals surface area contributed by atoms with Gasteiger partial charge in [-0.3, -0.25) is 4.79 Å². The van der Waals surface area contributed by atoms with Crippen LogP contribution in [-0.4, -0.2) is 67.2 Å². The minimum atomic E-state index is -0.772. The Morgan fingerprint density at radius 1 is 1.24 bits per heavy atom. The Morgan fingerprint density at radius 3 is 2.43 bits per heavy atom. The van der Waals surface area contributed by atoms with Crippen LogP contribution in [0.4, 0.5) is 0 Å². The van der Waals surface area contributed by atoms with Gasteiger partial charge in [0.25, 0.3) is 0 Å². The van der Waals surface area contributed by atoms with Gasteiger partial charge in [-0.15, -0.1) is 0 Å². The summed E-state index contributed by atoms with van der Waals surface area (Å²) in [6, 6.07) is 0.413. The molecule has 0 aliphatic heterocycles. The Kier molecular flexibility index (Phi) is 7.63. The molecular formula is C16H33N3O2. The van der Waals surface area contributed by atoms with Crippen LogP contribution in [0.1, 0.15) is 46.5 Å². The second kappa shape index (κ2) is 8.71. The fourth-order valence-electron chi connectivity index (χ4n) is 3.39. The smallest absolute Gasteiger partial charge is 0.325 e. The van der Waals surface area contributed by atoms with Gasteiger partial charge in [0, 0.05) is 6.04 Å². The molecule has 0 spiro atoms. The first-order valence-corrected chi connectivity index (χ1v) is 8.34. The first-order valence-electron chi connectivity index (χ1n) is 8.34. The minimum absolute atomic E-state index is 0.260. The quantitative estimate of drug-likeness (QED) is 0.653. The van der Waals surface area contributed by atoms with E-state index in [2.05, 4.69) is 30.6 Å². The van der Waals surface area contributed by atoms with Crippen LogP contribution in [0.2, 0.25) is 0 Å². The number of hydrogen-bond donors (Lipinski definition) is 1. The van der Waals surface area contributed by atoms with Crippen molar-refractivity contribution in [2.45, 2.75) is 58.0 Å². The lowest BCUT2D eigenvalue weighted by molar-refractivity contribution is -0.147. The molecule has 0 saturated heterocycles. The largest absolute Gasteiger partial charge is 0.468 e. The Bertz CT molecular complexity index is 321. The topological polar surface area (TPSA) is 58.8 Å². The molecule has 0 aromatic carbocycles. The summed E-state index contributed by atoms with van der Waals surface area (Å²) in [6.07, 6.45) is 3.61. The molecule has 2 unspecified atom stereocenters. The number of carbonyl (C=O) groups is 1. The fourth-order valence-corrected chi connectivity index (χ4v) is 3.39. The second-order valence-corrected chi connectivity index (χ2v) is 6.05. The zero-order valence-electron chi connectivity index (χ0n) is 14.2. The number of hydrogen-bond acceptors (Lipinski definition) is 5. The predicted molar refractivity (Wildman–Crippen MR) is 86.2 cm³/mol. The fraction of sp³-hybridized carbons (Fsp3) is 0.938. The van der Waals surface area contributed by atoms with E-state index in [4.69, 9.17) is 10.5 Å². The van der Waals surface area contributed by atoms with Crippen LogP contribution in [0.25, 0.3) is 0 Å². The van der Waals surface area contributed by atoms with Gasteiger partial charge in [-0.25, -0.2) is 0 Å². The molecule has 1 aliphatic carbocycles. The van der Waals surface area contributed by atoms with Crippen molar-refractivity contribution < 1.29 is 9.53 Å². The molecule has 5 heteroatoms. The summed E-state index contributed by atoms with van der Waals surface area (Å²) in [6.45, 7) is 12.1. The van der Waals surface area contributed by atoms with Crippen LogP contribution < -0.4 is 5.73 Å². The standard InChI is InChI=1S/C16H33N3O2/c1-5-18(6-2)11-8-12-19(7-3)14-9-10-16(17,13-14)15(20)21-4/h14H,5-13,17H2,1-4H3. The highest BCUT2D eigenvalue weighted by molar-refractivity contribution is 5.81. The van der Waals surface area contributed by atoms with Crippen LogP contribution in [0, 0.1) is 0 Å². The molecule has 2 N–H and O–H groups in total. The lowest BCUT2D eigenvalue weighted by Gasteiger charge is -2.30. The SMILES string of the molecule is CCN(CC)CCCN(CC)C1CCC(N)(C(=O)OC)C1. The zero-order valence-corrected chi connectivity index (χ0v) is 14.2. The van der Waals surface area contributed by atoms with Gasteiger partial charge >= 0.3 is 5.97 Å². The average molecular weight is 299 g/mol. The third-order valence-corrected chi connectivity index (χ3v) is 4.85. The van der Waals surface area contributed by atoms with Crippen LogP contribution in [0.5, 0.6) is 0 Å². The normalized spacial score (nSPS) is 25.8. The number of esters is 1. The van der Waals surface area contributed by atoms with Crippen LogP contribution >= 0.6 is 0 Å². The molecular weight excluding hydrogens is 266 g/mol. The lowest BCUT2D eigenvalue weighted by Crippen LogP contribution is -2.48. The minimum Gasteiger partial charge on any atom is -0.468 e. The number of methoxy groups -OCH3 is 1. The summed E-state index contributed by atoms with van der Waals surface area (Å²) in [5.41, 5.74) is 5.43. The molecule has 1 rings (SSSR count). The molecule has 5 nitrogen and oxygen atoms in total. The van der Waals surface area contributed by atoms with Crippen molar-refractivity contribution in [3.05, 3.63) is 0 Å². The molecule has 1 aliphatic rings. The number of carbonyl (C=O) groups excluding carboxylic acids is 1. The van der Waals surface area contributed by atoms with Gasteiger partial charge in [0.05, 0.1) is 7.11 Å². The molecule has 2 atom stereocenters. The molecule has 0 heterocycles.